The molecule has 0 aromatic carbocycles. The number of hydrogen-bond acceptors (Lipinski definition) is 6. The SMILES string of the molecule is CC(C)OCCS(=O)(=O)NCC(=O)NCc1ccc(C(=O)O)s1. The molecular formula is C13H20N2O6S2. The van der Waals surface area contributed by atoms with E-state index < -0.39 is 21.9 Å². The molecule has 23 heavy (non-hydrogen) atoms. The van der Waals surface area contributed by atoms with Crippen molar-refractivity contribution < 1.29 is 27.9 Å². The fourth-order valence-electron chi connectivity index (χ4n) is 1.48. The summed E-state index contributed by atoms with van der Waals surface area (Å²) >= 11 is 1.05. The number of rotatable bonds is 10. The molecule has 1 amide bonds. The van der Waals surface area contributed by atoms with Crippen molar-refractivity contribution in [3.05, 3.63) is 21.9 Å². The zero-order valence-electron chi connectivity index (χ0n) is 12.9. The van der Waals surface area contributed by atoms with E-state index in [2.05, 4.69) is 10.0 Å². The summed E-state index contributed by atoms with van der Waals surface area (Å²) in [4.78, 5) is 23.2. The van der Waals surface area contributed by atoms with Crippen molar-refractivity contribution in [1.82, 2.24) is 10.0 Å². The van der Waals surface area contributed by atoms with Crippen LogP contribution in [0.15, 0.2) is 12.1 Å². The first kappa shape index (κ1) is 19.6. The summed E-state index contributed by atoms with van der Waals surface area (Å²) < 4.78 is 30.6. The third kappa shape index (κ3) is 8.07. The summed E-state index contributed by atoms with van der Waals surface area (Å²) in [6, 6.07) is 3.05. The molecule has 1 aromatic rings. The van der Waals surface area contributed by atoms with Crippen molar-refractivity contribution in [3.63, 3.8) is 0 Å². The van der Waals surface area contributed by atoms with Crippen LogP contribution in [0.2, 0.25) is 0 Å². The van der Waals surface area contributed by atoms with E-state index in [0.29, 0.717) is 4.88 Å². The van der Waals surface area contributed by atoms with Gasteiger partial charge in [-0.3, -0.25) is 4.79 Å². The lowest BCUT2D eigenvalue weighted by Crippen LogP contribution is -2.38. The minimum Gasteiger partial charge on any atom is -0.477 e. The molecule has 8 nitrogen and oxygen atoms in total. The van der Waals surface area contributed by atoms with E-state index in [-0.39, 0.29) is 36.4 Å². The molecule has 0 bridgehead atoms. The van der Waals surface area contributed by atoms with E-state index in [4.69, 9.17) is 9.84 Å². The highest BCUT2D eigenvalue weighted by atomic mass is 32.2. The molecule has 0 aliphatic rings. The van der Waals surface area contributed by atoms with Crippen LogP contribution < -0.4 is 10.0 Å². The lowest BCUT2D eigenvalue weighted by molar-refractivity contribution is -0.120. The van der Waals surface area contributed by atoms with Gasteiger partial charge in [-0.05, 0) is 26.0 Å². The monoisotopic (exact) mass is 364 g/mol. The van der Waals surface area contributed by atoms with Crippen molar-refractivity contribution in [1.29, 1.82) is 0 Å². The second-order valence-electron chi connectivity index (χ2n) is 4.91. The van der Waals surface area contributed by atoms with Gasteiger partial charge in [0.15, 0.2) is 0 Å². The van der Waals surface area contributed by atoms with Gasteiger partial charge in [0.2, 0.25) is 15.9 Å². The first-order valence-corrected chi connectivity index (χ1v) is 9.34. The maximum atomic E-state index is 11.6. The summed E-state index contributed by atoms with van der Waals surface area (Å²) in [6.45, 7) is 3.43. The average Bonchev–Trinajstić information content (AvgIpc) is 2.91. The quantitative estimate of drug-likeness (QED) is 0.553. The number of thiophene rings is 1. The van der Waals surface area contributed by atoms with E-state index in [1.165, 1.54) is 6.07 Å². The number of aromatic carboxylic acids is 1. The van der Waals surface area contributed by atoms with E-state index in [0.717, 1.165) is 11.3 Å². The Bertz CT molecular complexity index is 639. The molecule has 130 valence electrons. The highest BCUT2D eigenvalue weighted by molar-refractivity contribution is 7.89. The molecule has 0 saturated heterocycles. The van der Waals surface area contributed by atoms with E-state index in [1.807, 2.05) is 0 Å². The minimum atomic E-state index is -3.57. The average molecular weight is 364 g/mol. The molecule has 0 radical (unpaired) electrons. The molecule has 0 unspecified atom stereocenters. The molecule has 1 heterocycles. The molecule has 0 saturated carbocycles. The molecule has 0 atom stereocenters. The zero-order chi connectivity index (χ0) is 17.5. The van der Waals surface area contributed by atoms with Crippen molar-refractivity contribution in [2.75, 3.05) is 18.9 Å². The van der Waals surface area contributed by atoms with Crippen LogP contribution in [-0.2, 0) is 26.1 Å². The lowest BCUT2D eigenvalue weighted by Gasteiger charge is -2.09. The zero-order valence-corrected chi connectivity index (χ0v) is 14.5. The van der Waals surface area contributed by atoms with Gasteiger partial charge < -0.3 is 15.2 Å². The number of carboxylic acid groups (broad SMARTS) is 1. The number of carbonyl (C=O) groups excluding carboxylic acids is 1. The third-order valence-corrected chi connectivity index (χ3v) is 4.95. The summed E-state index contributed by atoms with van der Waals surface area (Å²) in [5, 5.41) is 11.3. The van der Waals surface area contributed by atoms with Gasteiger partial charge in [0.25, 0.3) is 0 Å². The van der Waals surface area contributed by atoms with Crippen LogP contribution in [0.4, 0.5) is 0 Å². The van der Waals surface area contributed by atoms with Gasteiger partial charge in [0.1, 0.15) is 4.88 Å². The molecule has 0 aliphatic heterocycles. The number of sulfonamides is 1. The second kappa shape index (κ2) is 8.96. The first-order valence-electron chi connectivity index (χ1n) is 6.87. The molecule has 0 fully saturated rings. The van der Waals surface area contributed by atoms with Crippen LogP contribution in [0.3, 0.4) is 0 Å². The summed E-state index contributed by atoms with van der Waals surface area (Å²) in [7, 11) is -3.57. The van der Waals surface area contributed by atoms with Crippen molar-refractivity contribution in [2.45, 2.75) is 26.5 Å². The molecule has 1 rings (SSSR count). The molecule has 0 aliphatic carbocycles. The Labute approximate surface area is 138 Å². The molecule has 3 N–H and O–H groups in total. The normalized spacial score (nSPS) is 11.6. The number of hydrogen-bond donors (Lipinski definition) is 3. The van der Waals surface area contributed by atoms with E-state index in [1.54, 1.807) is 19.9 Å². The number of amides is 1. The maximum Gasteiger partial charge on any atom is 0.345 e. The van der Waals surface area contributed by atoms with Crippen LogP contribution in [0, 0.1) is 0 Å². The summed E-state index contributed by atoms with van der Waals surface area (Å²) in [5.41, 5.74) is 0. The van der Waals surface area contributed by atoms with Crippen molar-refractivity contribution >= 4 is 33.2 Å². The van der Waals surface area contributed by atoms with E-state index in [9.17, 15) is 18.0 Å². The van der Waals surface area contributed by atoms with Crippen LogP contribution in [0.1, 0.15) is 28.4 Å². The predicted molar refractivity (Wildman–Crippen MR) is 86.0 cm³/mol. The van der Waals surface area contributed by atoms with Gasteiger partial charge in [-0.2, -0.15) is 0 Å². The highest BCUT2D eigenvalue weighted by Crippen LogP contribution is 2.15. The van der Waals surface area contributed by atoms with Gasteiger partial charge in [-0.25, -0.2) is 17.9 Å². The Kier molecular flexibility index (Phi) is 7.62. The molecule has 1 aromatic heterocycles. The fraction of sp³-hybridized carbons (Fsp3) is 0.538. The lowest BCUT2D eigenvalue weighted by atomic mass is 10.4. The largest absolute Gasteiger partial charge is 0.477 e. The Balaban J connectivity index is 2.31. The molecule has 0 spiro atoms. The van der Waals surface area contributed by atoms with Crippen molar-refractivity contribution in [3.8, 4) is 0 Å². The topological polar surface area (TPSA) is 122 Å². The van der Waals surface area contributed by atoms with Crippen LogP contribution >= 0.6 is 11.3 Å². The second-order valence-corrected chi connectivity index (χ2v) is 8.00. The molecule has 10 heteroatoms. The Morgan fingerprint density at radius 3 is 2.61 bits per heavy atom. The summed E-state index contributed by atoms with van der Waals surface area (Å²) in [6.07, 6.45) is -0.0602. The molecular weight excluding hydrogens is 344 g/mol. The smallest absolute Gasteiger partial charge is 0.345 e. The number of ether oxygens (including phenoxy) is 1. The number of carboxylic acids is 1. The number of nitrogens with one attached hydrogen (secondary N) is 2. The summed E-state index contributed by atoms with van der Waals surface area (Å²) in [5.74, 6) is -1.74. The van der Waals surface area contributed by atoms with Crippen LogP contribution in [-0.4, -0.2) is 50.4 Å². The first-order chi connectivity index (χ1) is 10.7. The highest BCUT2D eigenvalue weighted by Gasteiger charge is 2.13. The van der Waals surface area contributed by atoms with E-state index >= 15 is 0 Å². The van der Waals surface area contributed by atoms with Gasteiger partial charge in [0.05, 0.1) is 31.6 Å². The van der Waals surface area contributed by atoms with Gasteiger partial charge in [-0.1, -0.05) is 0 Å². The maximum absolute atomic E-state index is 11.6. The standard InChI is InChI=1S/C13H20N2O6S2/c1-9(2)21-5-6-23(19,20)15-8-12(16)14-7-10-3-4-11(22-10)13(17)18/h3-4,9,15H,5-8H2,1-2H3,(H,14,16)(H,17,18). The predicted octanol–water partition coefficient (Wildman–Crippen LogP) is 0.407. The Hall–Kier alpha value is -1.49. The van der Waals surface area contributed by atoms with Gasteiger partial charge in [-0.15, -0.1) is 11.3 Å². The minimum absolute atomic E-state index is 0.0573. The van der Waals surface area contributed by atoms with Crippen molar-refractivity contribution in [2.24, 2.45) is 0 Å². The van der Waals surface area contributed by atoms with Crippen LogP contribution in [0.5, 0.6) is 0 Å². The third-order valence-electron chi connectivity index (χ3n) is 2.59. The van der Waals surface area contributed by atoms with Gasteiger partial charge >= 0.3 is 5.97 Å². The van der Waals surface area contributed by atoms with Gasteiger partial charge in [0, 0.05) is 4.88 Å². The Morgan fingerprint density at radius 2 is 2.04 bits per heavy atom. The van der Waals surface area contributed by atoms with Crippen LogP contribution in [0.25, 0.3) is 0 Å². The number of carbonyl (C=O) groups is 2. The fourth-order valence-corrected chi connectivity index (χ4v) is 3.07. The Morgan fingerprint density at radius 1 is 1.35 bits per heavy atom.